The van der Waals surface area contributed by atoms with Crippen molar-refractivity contribution in [1.29, 1.82) is 0 Å². The van der Waals surface area contributed by atoms with Gasteiger partial charge in [-0.05, 0) is 44.9 Å². The van der Waals surface area contributed by atoms with Gasteiger partial charge in [-0.3, -0.25) is 9.59 Å². The van der Waals surface area contributed by atoms with Crippen LogP contribution < -0.4 is 10.9 Å². The van der Waals surface area contributed by atoms with Gasteiger partial charge in [0.15, 0.2) is 5.69 Å². The lowest BCUT2D eigenvalue weighted by Gasteiger charge is -2.15. The van der Waals surface area contributed by atoms with Crippen LogP contribution >= 0.6 is 0 Å². The lowest BCUT2D eigenvalue weighted by Crippen LogP contribution is -2.29. The number of nitrogens with one attached hydrogen (secondary N) is 1. The van der Waals surface area contributed by atoms with Gasteiger partial charge in [-0.15, -0.1) is 0 Å². The minimum Gasteiger partial charge on any atom is -0.320 e. The van der Waals surface area contributed by atoms with Crippen LogP contribution in [0.15, 0.2) is 47.3 Å². The van der Waals surface area contributed by atoms with Crippen LogP contribution in [0.25, 0.3) is 10.8 Å². The zero-order valence-electron chi connectivity index (χ0n) is 14.8. The number of fused-ring (bicyclic) bond motifs is 1. The van der Waals surface area contributed by atoms with E-state index in [0.29, 0.717) is 10.8 Å². The van der Waals surface area contributed by atoms with Crippen LogP contribution in [0, 0.1) is 13.8 Å². The molecule has 0 saturated heterocycles. The average molecular weight is 335 g/mol. The van der Waals surface area contributed by atoms with Gasteiger partial charge in [0.1, 0.15) is 0 Å². The van der Waals surface area contributed by atoms with E-state index < -0.39 is 0 Å². The van der Waals surface area contributed by atoms with Crippen LogP contribution in [0.2, 0.25) is 0 Å². The number of aryl methyl sites for hydroxylation is 2. The van der Waals surface area contributed by atoms with E-state index in [4.69, 9.17) is 0 Å². The van der Waals surface area contributed by atoms with Crippen LogP contribution in [-0.2, 0) is 0 Å². The number of hydrogen-bond donors (Lipinski definition) is 1. The number of hydrogen-bond acceptors (Lipinski definition) is 3. The molecule has 2 aromatic carbocycles. The maximum Gasteiger partial charge on any atom is 0.276 e. The first-order valence-corrected chi connectivity index (χ1v) is 8.29. The maximum absolute atomic E-state index is 12.9. The topological polar surface area (TPSA) is 64.0 Å². The minimum absolute atomic E-state index is 0.135. The average Bonchev–Trinajstić information content (AvgIpc) is 2.58. The summed E-state index contributed by atoms with van der Waals surface area (Å²) in [5.74, 6) is -0.317. The van der Waals surface area contributed by atoms with Gasteiger partial charge in [-0.2, -0.15) is 5.10 Å². The lowest BCUT2D eigenvalue weighted by molar-refractivity contribution is 0.102. The number of nitrogens with zero attached hydrogens (tertiary/aromatic N) is 2. The summed E-state index contributed by atoms with van der Waals surface area (Å²) in [4.78, 5) is 25.5. The number of benzene rings is 2. The summed E-state index contributed by atoms with van der Waals surface area (Å²) in [6, 6.07) is 12.8. The van der Waals surface area contributed by atoms with Crippen molar-refractivity contribution in [3.63, 3.8) is 0 Å². The highest BCUT2D eigenvalue weighted by atomic mass is 16.2. The fourth-order valence-electron chi connectivity index (χ4n) is 2.91. The molecule has 0 unspecified atom stereocenters. The van der Waals surface area contributed by atoms with Crippen molar-refractivity contribution < 1.29 is 4.79 Å². The quantitative estimate of drug-likeness (QED) is 0.791. The molecule has 0 spiro atoms. The number of aromatic nitrogens is 2. The van der Waals surface area contributed by atoms with Gasteiger partial charge >= 0.3 is 0 Å². The molecule has 1 aromatic heterocycles. The van der Waals surface area contributed by atoms with Crippen LogP contribution in [0.3, 0.4) is 0 Å². The summed E-state index contributed by atoms with van der Waals surface area (Å²) in [6.45, 7) is 7.64. The molecule has 0 atom stereocenters. The Labute approximate surface area is 146 Å². The van der Waals surface area contributed by atoms with Crippen LogP contribution in [0.1, 0.15) is 41.5 Å². The number of amides is 1. The van der Waals surface area contributed by atoms with E-state index in [1.807, 2.05) is 45.9 Å². The van der Waals surface area contributed by atoms with E-state index in [0.717, 1.165) is 16.8 Å². The Kier molecular flexibility index (Phi) is 4.40. The van der Waals surface area contributed by atoms with E-state index in [1.54, 1.807) is 24.3 Å². The Balaban J connectivity index is 2.16. The summed E-state index contributed by atoms with van der Waals surface area (Å²) in [7, 11) is 0. The SMILES string of the molecule is Cc1cccc(C)c1NC(=O)c1nn(C(C)C)c(=O)c2ccccc12. The zero-order chi connectivity index (χ0) is 18.1. The number of carbonyl (C=O) groups is 1. The van der Waals surface area contributed by atoms with Crippen LogP contribution in [0.4, 0.5) is 5.69 Å². The molecule has 0 radical (unpaired) electrons. The molecule has 5 nitrogen and oxygen atoms in total. The molecule has 0 bridgehead atoms. The molecule has 128 valence electrons. The molecule has 1 heterocycles. The van der Waals surface area contributed by atoms with Crippen LogP contribution in [0.5, 0.6) is 0 Å². The Bertz CT molecular complexity index is 999. The monoisotopic (exact) mass is 335 g/mol. The van der Waals surface area contributed by atoms with E-state index in [1.165, 1.54) is 4.68 Å². The van der Waals surface area contributed by atoms with E-state index in [9.17, 15) is 9.59 Å². The van der Waals surface area contributed by atoms with Gasteiger partial charge in [0.25, 0.3) is 11.5 Å². The highest BCUT2D eigenvalue weighted by Crippen LogP contribution is 2.22. The fourth-order valence-corrected chi connectivity index (χ4v) is 2.91. The van der Waals surface area contributed by atoms with Crippen molar-refractivity contribution in [2.45, 2.75) is 33.7 Å². The van der Waals surface area contributed by atoms with E-state index in [-0.39, 0.29) is 23.2 Å². The van der Waals surface area contributed by atoms with Crippen molar-refractivity contribution in [1.82, 2.24) is 9.78 Å². The molecule has 0 saturated carbocycles. The van der Waals surface area contributed by atoms with Crippen molar-refractivity contribution >= 4 is 22.4 Å². The molecule has 0 aliphatic heterocycles. The minimum atomic E-state index is -0.317. The second-order valence-corrected chi connectivity index (χ2v) is 6.46. The summed E-state index contributed by atoms with van der Waals surface area (Å²) < 4.78 is 1.36. The fraction of sp³-hybridized carbons (Fsp3) is 0.250. The van der Waals surface area contributed by atoms with Crippen molar-refractivity contribution in [2.24, 2.45) is 0 Å². The van der Waals surface area contributed by atoms with E-state index >= 15 is 0 Å². The molecule has 5 heteroatoms. The van der Waals surface area contributed by atoms with Gasteiger partial charge in [0.05, 0.1) is 11.4 Å². The summed E-state index contributed by atoms with van der Waals surface area (Å²) >= 11 is 0. The van der Waals surface area contributed by atoms with Gasteiger partial charge < -0.3 is 5.32 Å². The highest BCUT2D eigenvalue weighted by Gasteiger charge is 2.18. The predicted octanol–water partition coefficient (Wildman–Crippen LogP) is 3.85. The number of anilines is 1. The molecule has 3 aromatic rings. The maximum atomic E-state index is 12.9. The standard InChI is InChI=1S/C20H21N3O2/c1-12(2)23-20(25)16-11-6-5-10-15(16)18(22-23)19(24)21-17-13(3)8-7-9-14(17)4/h5-12H,1-4H3,(H,21,24). The normalized spacial score (nSPS) is 11.1. The third kappa shape index (κ3) is 3.05. The van der Waals surface area contributed by atoms with Crippen molar-refractivity contribution in [3.05, 3.63) is 69.6 Å². The lowest BCUT2D eigenvalue weighted by atomic mass is 10.1. The molecule has 0 aliphatic rings. The second kappa shape index (κ2) is 6.51. The van der Waals surface area contributed by atoms with Crippen molar-refractivity contribution in [3.8, 4) is 0 Å². The van der Waals surface area contributed by atoms with Crippen molar-refractivity contribution in [2.75, 3.05) is 5.32 Å². The van der Waals surface area contributed by atoms with Gasteiger partial charge in [0.2, 0.25) is 0 Å². The van der Waals surface area contributed by atoms with Gasteiger partial charge in [-0.1, -0.05) is 36.4 Å². The number of rotatable bonds is 3. The molecule has 0 aliphatic carbocycles. The predicted molar refractivity (Wildman–Crippen MR) is 100 cm³/mol. The first-order valence-electron chi connectivity index (χ1n) is 8.29. The molecule has 1 N–H and O–H groups in total. The molecular formula is C20H21N3O2. The summed E-state index contributed by atoms with van der Waals surface area (Å²) in [5.41, 5.74) is 2.81. The highest BCUT2D eigenvalue weighted by molar-refractivity contribution is 6.11. The first-order chi connectivity index (χ1) is 11.9. The Morgan fingerprint density at radius 1 is 1.00 bits per heavy atom. The zero-order valence-corrected chi connectivity index (χ0v) is 14.8. The summed E-state index contributed by atoms with van der Waals surface area (Å²) in [6.07, 6.45) is 0. The summed E-state index contributed by atoms with van der Waals surface area (Å²) in [5, 5.41) is 8.36. The smallest absolute Gasteiger partial charge is 0.276 e. The molecular weight excluding hydrogens is 314 g/mol. The Hall–Kier alpha value is -2.95. The Morgan fingerprint density at radius 2 is 1.60 bits per heavy atom. The molecule has 0 fully saturated rings. The molecule has 25 heavy (non-hydrogen) atoms. The van der Waals surface area contributed by atoms with Gasteiger partial charge in [0, 0.05) is 11.1 Å². The van der Waals surface area contributed by atoms with Gasteiger partial charge in [-0.25, -0.2) is 4.68 Å². The third-order valence-electron chi connectivity index (χ3n) is 4.25. The van der Waals surface area contributed by atoms with E-state index in [2.05, 4.69) is 10.4 Å². The third-order valence-corrected chi connectivity index (χ3v) is 4.25. The first kappa shape index (κ1) is 16.9. The Morgan fingerprint density at radius 3 is 2.20 bits per heavy atom. The largest absolute Gasteiger partial charge is 0.320 e. The number of carbonyl (C=O) groups excluding carboxylic acids is 1. The second-order valence-electron chi connectivity index (χ2n) is 6.46. The van der Waals surface area contributed by atoms with Crippen LogP contribution in [-0.4, -0.2) is 15.7 Å². The number of para-hydroxylation sites is 1. The molecule has 3 rings (SSSR count). The molecule has 1 amide bonds.